The largest absolute Gasteiger partial charge is 0.394 e. The normalized spacial score (nSPS) is 55.0. The highest BCUT2D eigenvalue weighted by Gasteiger charge is 2.52. The number of aliphatic hydroxyl groups is 9. The summed E-state index contributed by atoms with van der Waals surface area (Å²) >= 11 is 0. The summed E-state index contributed by atoms with van der Waals surface area (Å²) in [5.41, 5.74) is 0. The molecule has 0 unspecified atom stereocenters. The molecule has 0 aromatic heterocycles. The molecule has 3 fully saturated rings. The zero-order valence-electron chi connectivity index (χ0n) is 17.4. The van der Waals surface area contributed by atoms with Crippen molar-refractivity contribution in [2.45, 2.75) is 106 Å². The lowest BCUT2D eigenvalue weighted by atomic mass is 9.96. The average Bonchev–Trinajstić information content (AvgIpc) is 2.76. The summed E-state index contributed by atoms with van der Waals surface area (Å²) in [4.78, 5) is 0. The van der Waals surface area contributed by atoms with Crippen molar-refractivity contribution in [3.05, 3.63) is 0 Å². The van der Waals surface area contributed by atoms with Crippen molar-refractivity contribution in [3.8, 4) is 0 Å². The Kier molecular flexibility index (Phi) is 8.44. The van der Waals surface area contributed by atoms with E-state index in [9.17, 15) is 46.0 Å². The molecule has 14 heteroatoms. The van der Waals surface area contributed by atoms with Crippen LogP contribution in [0.15, 0.2) is 0 Å². The van der Waals surface area contributed by atoms with Crippen LogP contribution >= 0.6 is 0 Å². The van der Waals surface area contributed by atoms with Gasteiger partial charge >= 0.3 is 0 Å². The summed E-state index contributed by atoms with van der Waals surface area (Å²) in [7, 11) is 0. The number of hydrogen-bond acceptors (Lipinski definition) is 14. The molecule has 3 heterocycles. The molecule has 0 spiro atoms. The van der Waals surface area contributed by atoms with Crippen LogP contribution in [0.25, 0.3) is 0 Å². The predicted octanol–water partition coefficient (Wildman–Crippen LogP) is -5.52. The first-order valence-electron chi connectivity index (χ1n) is 10.3. The maximum atomic E-state index is 10.7. The maximum Gasteiger partial charge on any atom is 0.187 e. The van der Waals surface area contributed by atoms with Crippen LogP contribution in [0.5, 0.6) is 0 Å². The Morgan fingerprint density at radius 1 is 0.562 bits per heavy atom. The summed E-state index contributed by atoms with van der Waals surface area (Å²) in [5.74, 6) is 0. The lowest BCUT2D eigenvalue weighted by Crippen LogP contribution is -2.65. The van der Waals surface area contributed by atoms with Crippen LogP contribution in [0.1, 0.15) is 13.8 Å². The molecule has 3 aliphatic heterocycles. The fourth-order valence-electron chi connectivity index (χ4n) is 3.93. The Labute approximate surface area is 183 Å². The highest BCUT2D eigenvalue weighted by Crippen LogP contribution is 2.32. The molecule has 188 valence electrons. The third-order valence-electron chi connectivity index (χ3n) is 6.01. The molecular weight excluding hydrogens is 440 g/mol. The Balaban J connectivity index is 1.74. The van der Waals surface area contributed by atoms with Gasteiger partial charge in [-0.25, -0.2) is 0 Å². The van der Waals surface area contributed by atoms with Gasteiger partial charge in [-0.05, 0) is 13.8 Å². The van der Waals surface area contributed by atoms with Gasteiger partial charge in [0.25, 0.3) is 0 Å². The number of hydrogen-bond donors (Lipinski definition) is 9. The molecule has 0 saturated carbocycles. The average molecular weight is 472 g/mol. The zero-order chi connectivity index (χ0) is 23.9. The van der Waals surface area contributed by atoms with E-state index in [1.165, 1.54) is 13.8 Å². The van der Waals surface area contributed by atoms with Crippen molar-refractivity contribution in [3.63, 3.8) is 0 Å². The highest BCUT2D eigenvalue weighted by atomic mass is 16.7. The zero-order valence-corrected chi connectivity index (χ0v) is 17.4. The third kappa shape index (κ3) is 4.94. The van der Waals surface area contributed by atoms with Gasteiger partial charge in [-0.3, -0.25) is 0 Å². The van der Waals surface area contributed by atoms with Gasteiger partial charge in [-0.1, -0.05) is 0 Å². The van der Waals surface area contributed by atoms with E-state index in [-0.39, 0.29) is 0 Å². The summed E-state index contributed by atoms with van der Waals surface area (Å²) in [6, 6.07) is 0. The first-order chi connectivity index (χ1) is 15.0. The van der Waals surface area contributed by atoms with E-state index in [0.29, 0.717) is 0 Å². The van der Waals surface area contributed by atoms with Crippen LogP contribution in [0.3, 0.4) is 0 Å². The summed E-state index contributed by atoms with van der Waals surface area (Å²) in [6.07, 6.45) is -22.4. The number of aliphatic hydroxyl groups excluding tert-OH is 9. The maximum absolute atomic E-state index is 10.7. The van der Waals surface area contributed by atoms with Gasteiger partial charge in [0.2, 0.25) is 0 Å². The van der Waals surface area contributed by atoms with Gasteiger partial charge < -0.3 is 69.6 Å². The van der Waals surface area contributed by atoms with Crippen LogP contribution in [0.4, 0.5) is 0 Å². The smallest absolute Gasteiger partial charge is 0.187 e. The molecule has 3 saturated heterocycles. The van der Waals surface area contributed by atoms with Crippen molar-refractivity contribution >= 4 is 0 Å². The van der Waals surface area contributed by atoms with Gasteiger partial charge in [0.05, 0.1) is 18.8 Å². The summed E-state index contributed by atoms with van der Waals surface area (Å²) < 4.78 is 26.7. The molecule has 0 aromatic carbocycles. The van der Waals surface area contributed by atoms with Crippen molar-refractivity contribution in [2.75, 3.05) is 6.61 Å². The van der Waals surface area contributed by atoms with Crippen LogP contribution in [-0.4, -0.2) is 145 Å². The van der Waals surface area contributed by atoms with Gasteiger partial charge in [0.15, 0.2) is 18.9 Å². The first kappa shape index (κ1) is 26.1. The van der Waals surface area contributed by atoms with E-state index in [1.54, 1.807) is 0 Å². The molecule has 0 amide bonds. The molecule has 14 nitrogen and oxygen atoms in total. The second kappa shape index (κ2) is 10.4. The molecule has 9 N–H and O–H groups in total. The minimum absolute atomic E-state index is 0.703. The molecule has 0 aliphatic carbocycles. The van der Waals surface area contributed by atoms with Gasteiger partial charge in [0.1, 0.15) is 61.0 Å². The van der Waals surface area contributed by atoms with Crippen LogP contribution in [0.2, 0.25) is 0 Å². The Morgan fingerprint density at radius 2 is 1.06 bits per heavy atom. The van der Waals surface area contributed by atoms with E-state index < -0.39 is 98.7 Å². The Hall–Kier alpha value is -0.560. The summed E-state index contributed by atoms with van der Waals surface area (Å²) in [6.45, 7) is 2.16. The van der Waals surface area contributed by atoms with Crippen LogP contribution in [-0.2, 0) is 23.7 Å². The quantitative estimate of drug-likeness (QED) is 0.182. The van der Waals surface area contributed by atoms with Gasteiger partial charge in [0, 0.05) is 0 Å². The Morgan fingerprint density at radius 3 is 1.62 bits per heavy atom. The number of rotatable bonds is 5. The lowest BCUT2D eigenvalue weighted by molar-refractivity contribution is -0.375. The summed E-state index contributed by atoms with van der Waals surface area (Å²) in [5, 5.41) is 90.6. The second-order valence-electron chi connectivity index (χ2n) is 8.30. The molecule has 15 atom stereocenters. The Bertz CT molecular complexity index is 594. The van der Waals surface area contributed by atoms with Crippen molar-refractivity contribution < 1.29 is 69.6 Å². The first-order valence-corrected chi connectivity index (χ1v) is 10.3. The minimum Gasteiger partial charge on any atom is -0.394 e. The SMILES string of the molecule is C[C@@H]1O[C@@H](O)[C@H](O)[C@H](O[C@@H]2O[C@@H](C)[C@H](O)[C@@H](O[C@H]3O[C@H](CO)[C@H](O)[C@H](O)[C@H]3O)[C@H]2O)[C@H]1O. The van der Waals surface area contributed by atoms with E-state index in [2.05, 4.69) is 0 Å². The molecule has 3 rings (SSSR count). The van der Waals surface area contributed by atoms with Crippen LogP contribution in [0, 0.1) is 0 Å². The molecule has 32 heavy (non-hydrogen) atoms. The van der Waals surface area contributed by atoms with Gasteiger partial charge in [-0.15, -0.1) is 0 Å². The van der Waals surface area contributed by atoms with Crippen molar-refractivity contribution in [2.24, 2.45) is 0 Å². The van der Waals surface area contributed by atoms with Crippen LogP contribution < -0.4 is 0 Å². The topological polar surface area (TPSA) is 228 Å². The monoisotopic (exact) mass is 472 g/mol. The predicted molar refractivity (Wildman–Crippen MR) is 98.4 cm³/mol. The van der Waals surface area contributed by atoms with E-state index >= 15 is 0 Å². The molecule has 0 bridgehead atoms. The van der Waals surface area contributed by atoms with Crippen molar-refractivity contribution in [1.29, 1.82) is 0 Å². The fraction of sp³-hybridized carbons (Fsp3) is 1.00. The highest BCUT2D eigenvalue weighted by molar-refractivity contribution is 4.95. The third-order valence-corrected chi connectivity index (χ3v) is 6.01. The van der Waals surface area contributed by atoms with E-state index in [4.69, 9.17) is 23.7 Å². The lowest BCUT2D eigenvalue weighted by Gasteiger charge is -2.47. The van der Waals surface area contributed by atoms with E-state index in [0.717, 1.165) is 0 Å². The molecular formula is C18H32O14. The molecule has 0 aromatic rings. The van der Waals surface area contributed by atoms with E-state index in [1.807, 2.05) is 0 Å². The standard InChI is InChI=1S/C18H32O14/c1-4-7(20)14(12(25)16(27)28-4)31-18-13(26)15(8(21)5(2)29-18)32-17-11(24)10(23)9(22)6(3-19)30-17/h4-27H,3H2,1-2H3/t4-,5-,6+,7-,8-,9-,10-,11+,12+,13+,14+,15+,16+,17+,18-/m0/s1. The minimum atomic E-state index is -1.78. The fourth-order valence-corrected chi connectivity index (χ4v) is 3.93. The number of ether oxygens (including phenoxy) is 5. The molecule has 3 aliphatic rings. The molecule has 0 radical (unpaired) electrons. The second-order valence-corrected chi connectivity index (χ2v) is 8.30. The van der Waals surface area contributed by atoms with Crippen molar-refractivity contribution in [1.82, 2.24) is 0 Å². The van der Waals surface area contributed by atoms with Gasteiger partial charge in [-0.2, -0.15) is 0 Å².